The molecule has 1 saturated heterocycles. The first-order valence-electron chi connectivity index (χ1n) is 7.11. The minimum absolute atomic E-state index is 0.123. The van der Waals surface area contributed by atoms with Crippen molar-refractivity contribution in [1.82, 2.24) is 20.0 Å². The van der Waals surface area contributed by atoms with Crippen LogP contribution in [0.25, 0.3) is 0 Å². The molecule has 0 spiro atoms. The van der Waals surface area contributed by atoms with Gasteiger partial charge in [0.15, 0.2) is 0 Å². The second-order valence-electron chi connectivity index (χ2n) is 5.33. The Balaban J connectivity index is 2.21. The molecule has 0 saturated carbocycles. The van der Waals surface area contributed by atoms with E-state index in [0.29, 0.717) is 6.04 Å². The molecule has 106 valence electrons. The molecular formula is C14H24N4O. The fourth-order valence-electron chi connectivity index (χ4n) is 2.72. The second kappa shape index (κ2) is 5.74. The summed E-state index contributed by atoms with van der Waals surface area (Å²) in [7, 11) is 1.85. The van der Waals surface area contributed by atoms with Crippen LogP contribution in [0.15, 0.2) is 6.20 Å². The molecule has 2 heterocycles. The largest absolute Gasteiger partial charge is 0.333 e. The number of carbonyl (C=O) groups is 1. The molecule has 1 N–H and O–H groups in total. The first kappa shape index (κ1) is 14.1. The molecule has 2 atom stereocenters. The topological polar surface area (TPSA) is 50.2 Å². The molecule has 19 heavy (non-hydrogen) atoms. The molecular weight excluding hydrogens is 240 g/mol. The van der Waals surface area contributed by atoms with Crippen LogP contribution in [0.5, 0.6) is 0 Å². The highest BCUT2D eigenvalue weighted by Gasteiger charge is 2.31. The van der Waals surface area contributed by atoms with Crippen molar-refractivity contribution < 1.29 is 4.79 Å². The van der Waals surface area contributed by atoms with Gasteiger partial charge in [0.25, 0.3) is 5.91 Å². The molecule has 1 amide bonds. The highest BCUT2D eigenvalue weighted by Crippen LogP contribution is 2.17. The lowest BCUT2D eigenvalue weighted by Gasteiger charge is -2.40. The molecule has 5 heteroatoms. The van der Waals surface area contributed by atoms with Crippen LogP contribution < -0.4 is 5.32 Å². The first-order valence-corrected chi connectivity index (χ1v) is 7.11. The highest BCUT2D eigenvalue weighted by molar-refractivity contribution is 5.95. The van der Waals surface area contributed by atoms with Crippen molar-refractivity contribution in [2.24, 2.45) is 7.05 Å². The van der Waals surface area contributed by atoms with Gasteiger partial charge in [-0.3, -0.25) is 9.48 Å². The summed E-state index contributed by atoms with van der Waals surface area (Å²) in [6, 6.07) is 0.693. The standard InChI is InChI=1S/C14H24N4O/c1-5-11-8-18(12(6-2)7-15-11)14(19)13-9-17(4)16-10(13)3/h9,11-12,15H,5-8H2,1-4H3. The summed E-state index contributed by atoms with van der Waals surface area (Å²) in [6.07, 6.45) is 3.86. The van der Waals surface area contributed by atoms with Crippen LogP contribution >= 0.6 is 0 Å². The molecule has 1 aromatic rings. The van der Waals surface area contributed by atoms with Gasteiger partial charge in [0.2, 0.25) is 0 Å². The SMILES string of the molecule is CCC1CN(C(=O)c2cn(C)nc2C)C(CC)CN1. The van der Waals surface area contributed by atoms with Crippen molar-refractivity contribution >= 4 is 5.91 Å². The fraction of sp³-hybridized carbons (Fsp3) is 0.714. The van der Waals surface area contributed by atoms with Crippen molar-refractivity contribution in [2.75, 3.05) is 13.1 Å². The van der Waals surface area contributed by atoms with E-state index >= 15 is 0 Å². The Morgan fingerprint density at radius 1 is 1.47 bits per heavy atom. The number of hydrogen-bond acceptors (Lipinski definition) is 3. The number of piperazine rings is 1. The van der Waals surface area contributed by atoms with Crippen molar-refractivity contribution in [3.63, 3.8) is 0 Å². The predicted molar refractivity (Wildman–Crippen MR) is 75.1 cm³/mol. The van der Waals surface area contributed by atoms with Crippen LogP contribution in [0.1, 0.15) is 42.7 Å². The number of nitrogens with one attached hydrogen (secondary N) is 1. The lowest BCUT2D eigenvalue weighted by molar-refractivity contribution is 0.0575. The summed E-state index contributed by atoms with van der Waals surface area (Å²) in [5.41, 5.74) is 1.55. The summed E-state index contributed by atoms with van der Waals surface area (Å²) < 4.78 is 1.71. The molecule has 2 unspecified atom stereocenters. The zero-order valence-corrected chi connectivity index (χ0v) is 12.3. The lowest BCUT2D eigenvalue weighted by Crippen LogP contribution is -2.57. The van der Waals surface area contributed by atoms with Crippen molar-refractivity contribution in [1.29, 1.82) is 0 Å². The number of hydrogen-bond donors (Lipinski definition) is 1. The number of aryl methyl sites for hydroxylation is 2. The van der Waals surface area contributed by atoms with E-state index in [-0.39, 0.29) is 11.9 Å². The summed E-state index contributed by atoms with van der Waals surface area (Å²) >= 11 is 0. The van der Waals surface area contributed by atoms with E-state index in [1.54, 1.807) is 4.68 Å². The van der Waals surface area contributed by atoms with Crippen LogP contribution in [0.4, 0.5) is 0 Å². The smallest absolute Gasteiger partial charge is 0.257 e. The Morgan fingerprint density at radius 3 is 2.74 bits per heavy atom. The van der Waals surface area contributed by atoms with Gasteiger partial charge in [0.1, 0.15) is 0 Å². The summed E-state index contributed by atoms with van der Waals surface area (Å²) in [5.74, 6) is 0.123. The third-order valence-corrected chi connectivity index (χ3v) is 3.97. The van der Waals surface area contributed by atoms with Crippen LogP contribution in [-0.4, -0.2) is 45.8 Å². The maximum absolute atomic E-state index is 12.7. The van der Waals surface area contributed by atoms with E-state index in [2.05, 4.69) is 24.3 Å². The number of aromatic nitrogens is 2. The average molecular weight is 264 g/mol. The quantitative estimate of drug-likeness (QED) is 0.896. The Morgan fingerprint density at radius 2 is 2.21 bits per heavy atom. The van der Waals surface area contributed by atoms with E-state index in [0.717, 1.165) is 37.2 Å². The minimum atomic E-state index is 0.123. The lowest BCUT2D eigenvalue weighted by atomic mass is 10.0. The highest BCUT2D eigenvalue weighted by atomic mass is 16.2. The van der Waals surface area contributed by atoms with Gasteiger partial charge < -0.3 is 10.2 Å². The molecule has 1 aliphatic heterocycles. The van der Waals surface area contributed by atoms with Crippen LogP contribution in [0.2, 0.25) is 0 Å². The molecule has 1 aromatic heterocycles. The van der Waals surface area contributed by atoms with Crippen LogP contribution in [-0.2, 0) is 7.05 Å². The number of nitrogens with zero attached hydrogens (tertiary/aromatic N) is 3. The van der Waals surface area contributed by atoms with Gasteiger partial charge in [-0.2, -0.15) is 5.10 Å². The van der Waals surface area contributed by atoms with Crippen molar-refractivity contribution in [3.05, 3.63) is 17.5 Å². The van der Waals surface area contributed by atoms with Crippen LogP contribution in [0.3, 0.4) is 0 Å². The van der Waals surface area contributed by atoms with E-state index in [4.69, 9.17) is 0 Å². The van der Waals surface area contributed by atoms with Gasteiger partial charge in [-0.15, -0.1) is 0 Å². The van der Waals surface area contributed by atoms with Crippen LogP contribution in [0, 0.1) is 6.92 Å². The number of amides is 1. The Kier molecular flexibility index (Phi) is 4.24. The number of rotatable bonds is 3. The summed E-state index contributed by atoms with van der Waals surface area (Å²) in [5, 5.41) is 7.78. The molecule has 0 aliphatic carbocycles. The number of carbonyl (C=O) groups excluding carboxylic acids is 1. The van der Waals surface area contributed by atoms with Gasteiger partial charge in [-0.1, -0.05) is 13.8 Å². The Labute approximate surface area is 115 Å². The molecule has 5 nitrogen and oxygen atoms in total. The van der Waals surface area contributed by atoms with Crippen molar-refractivity contribution in [3.8, 4) is 0 Å². The minimum Gasteiger partial charge on any atom is -0.333 e. The maximum Gasteiger partial charge on any atom is 0.257 e. The Bertz CT molecular complexity index is 454. The molecule has 1 fully saturated rings. The van der Waals surface area contributed by atoms with Gasteiger partial charge in [0.05, 0.1) is 11.3 Å². The maximum atomic E-state index is 12.7. The van der Waals surface area contributed by atoms with E-state index in [1.165, 1.54) is 0 Å². The van der Waals surface area contributed by atoms with Gasteiger partial charge in [-0.25, -0.2) is 0 Å². The van der Waals surface area contributed by atoms with Crippen molar-refractivity contribution in [2.45, 2.75) is 45.7 Å². The van der Waals surface area contributed by atoms with E-state index < -0.39 is 0 Å². The molecule has 0 bridgehead atoms. The molecule has 1 aliphatic rings. The monoisotopic (exact) mass is 264 g/mol. The Hall–Kier alpha value is -1.36. The fourth-order valence-corrected chi connectivity index (χ4v) is 2.72. The predicted octanol–water partition coefficient (Wildman–Crippen LogP) is 1.33. The van der Waals surface area contributed by atoms with Gasteiger partial charge in [-0.05, 0) is 19.8 Å². The summed E-state index contributed by atoms with van der Waals surface area (Å²) in [4.78, 5) is 14.7. The molecule has 0 aromatic carbocycles. The van der Waals surface area contributed by atoms with E-state index in [1.807, 2.05) is 25.1 Å². The normalized spacial score (nSPS) is 23.7. The molecule has 0 radical (unpaired) electrons. The first-order chi connectivity index (χ1) is 9.06. The van der Waals surface area contributed by atoms with Gasteiger partial charge in [0, 0.05) is 38.4 Å². The third kappa shape index (κ3) is 2.81. The zero-order valence-electron chi connectivity index (χ0n) is 12.3. The third-order valence-electron chi connectivity index (χ3n) is 3.97. The van der Waals surface area contributed by atoms with E-state index in [9.17, 15) is 4.79 Å². The second-order valence-corrected chi connectivity index (χ2v) is 5.33. The zero-order chi connectivity index (χ0) is 14.0. The van der Waals surface area contributed by atoms with Gasteiger partial charge >= 0.3 is 0 Å². The average Bonchev–Trinajstić information content (AvgIpc) is 2.76. The summed E-state index contributed by atoms with van der Waals surface area (Å²) in [6.45, 7) is 7.87. The molecule has 2 rings (SSSR count).